The fourth-order valence-corrected chi connectivity index (χ4v) is 3.89. The van der Waals surface area contributed by atoms with E-state index in [0.717, 1.165) is 11.3 Å². The molecule has 0 aliphatic rings. The number of carbonyl (C=O) groups excluding carboxylic acids is 2. The van der Waals surface area contributed by atoms with Gasteiger partial charge in [0.05, 0.1) is 12.9 Å². The molecular formula is C25H21N3O4S. The van der Waals surface area contributed by atoms with Gasteiger partial charge in [0.15, 0.2) is 23.4 Å². The number of Topliss-reactive ketones (excluding diaryl/α,β-unsaturated/α-hetero) is 1. The van der Waals surface area contributed by atoms with Gasteiger partial charge in [-0.25, -0.2) is 0 Å². The maximum atomic E-state index is 12.3. The molecule has 0 bridgehead atoms. The molecule has 4 aromatic rings. The average molecular weight is 460 g/mol. The van der Waals surface area contributed by atoms with Gasteiger partial charge < -0.3 is 9.47 Å². The Morgan fingerprint density at radius 2 is 1.64 bits per heavy atom. The smallest absolute Gasteiger partial charge is 0.316 e. The zero-order valence-corrected chi connectivity index (χ0v) is 18.7. The van der Waals surface area contributed by atoms with E-state index in [1.54, 1.807) is 24.3 Å². The topological polar surface area (TPSA) is 83.3 Å². The second-order valence-electron chi connectivity index (χ2n) is 6.95. The van der Waals surface area contributed by atoms with Crippen LogP contribution < -0.4 is 4.74 Å². The van der Waals surface area contributed by atoms with Gasteiger partial charge in [-0.2, -0.15) is 0 Å². The minimum atomic E-state index is -0.514. The molecule has 0 fully saturated rings. The fourth-order valence-electron chi connectivity index (χ4n) is 3.14. The van der Waals surface area contributed by atoms with E-state index in [4.69, 9.17) is 9.47 Å². The highest BCUT2D eigenvalue weighted by Crippen LogP contribution is 2.27. The Hall–Kier alpha value is -3.91. The van der Waals surface area contributed by atoms with Crippen molar-refractivity contribution in [3.63, 3.8) is 0 Å². The number of rotatable bonds is 9. The number of ketones is 1. The van der Waals surface area contributed by atoms with E-state index < -0.39 is 5.97 Å². The summed E-state index contributed by atoms with van der Waals surface area (Å²) in [5.74, 6) is 0.416. The van der Waals surface area contributed by atoms with Crippen LogP contribution in [0.3, 0.4) is 0 Å². The summed E-state index contributed by atoms with van der Waals surface area (Å²) in [4.78, 5) is 24.6. The first-order valence-electron chi connectivity index (χ1n) is 10.2. The number of methoxy groups -OCH3 is 1. The second kappa shape index (κ2) is 10.6. The molecule has 7 nitrogen and oxygen atoms in total. The van der Waals surface area contributed by atoms with Crippen molar-refractivity contribution in [1.82, 2.24) is 14.8 Å². The number of benzene rings is 3. The molecule has 0 N–H and O–H groups in total. The fraction of sp³-hybridized carbons (Fsp3) is 0.120. The minimum absolute atomic E-state index is 0.00878. The number of hydrogen-bond donors (Lipinski definition) is 0. The molecule has 0 aliphatic carbocycles. The molecule has 3 aromatic carbocycles. The number of para-hydroxylation sites is 1. The molecule has 0 saturated carbocycles. The highest BCUT2D eigenvalue weighted by molar-refractivity contribution is 7.99. The molecule has 0 amide bonds. The Morgan fingerprint density at radius 1 is 0.909 bits per heavy atom. The normalized spacial score (nSPS) is 10.6. The van der Waals surface area contributed by atoms with Crippen LogP contribution in [0.4, 0.5) is 0 Å². The first-order valence-corrected chi connectivity index (χ1v) is 11.2. The third-order valence-electron chi connectivity index (χ3n) is 4.75. The molecule has 166 valence electrons. The number of ether oxygens (including phenoxy) is 2. The van der Waals surface area contributed by atoms with Gasteiger partial charge in [0.1, 0.15) is 5.75 Å². The van der Waals surface area contributed by atoms with Crippen LogP contribution >= 0.6 is 11.8 Å². The lowest BCUT2D eigenvalue weighted by atomic mass is 10.1. The lowest BCUT2D eigenvalue weighted by molar-refractivity contribution is -0.139. The number of nitrogens with zero attached hydrogens (tertiary/aromatic N) is 3. The Morgan fingerprint density at radius 3 is 2.36 bits per heavy atom. The zero-order chi connectivity index (χ0) is 23.0. The van der Waals surface area contributed by atoms with Gasteiger partial charge in [0, 0.05) is 16.8 Å². The SMILES string of the molecule is COc1cccc(C(=O)COC(=O)CSc2nnc(-c3ccccc3)n2-c2ccccc2)c1. The summed E-state index contributed by atoms with van der Waals surface area (Å²) in [5, 5.41) is 9.19. The molecule has 33 heavy (non-hydrogen) atoms. The predicted octanol–water partition coefficient (Wildman–Crippen LogP) is 4.46. The van der Waals surface area contributed by atoms with Crippen molar-refractivity contribution in [2.75, 3.05) is 19.5 Å². The molecule has 0 spiro atoms. The Kier molecular flexibility index (Phi) is 7.16. The van der Waals surface area contributed by atoms with Gasteiger partial charge in [0.2, 0.25) is 0 Å². The first kappa shape index (κ1) is 22.3. The van der Waals surface area contributed by atoms with Crippen molar-refractivity contribution in [2.24, 2.45) is 0 Å². The number of aromatic nitrogens is 3. The molecular weight excluding hydrogens is 438 g/mol. The molecule has 0 saturated heterocycles. The van der Waals surface area contributed by atoms with Crippen molar-refractivity contribution >= 4 is 23.5 Å². The molecule has 0 radical (unpaired) electrons. The van der Waals surface area contributed by atoms with Crippen LogP contribution in [0, 0.1) is 0 Å². The second-order valence-corrected chi connectivity index (χ2v) is 7.89. The minimum Gasteiger partial charge on any atom is -0.497 e. The van der Waals surface area contributed by atoms with Gasteiger partial charge in [-0.15, -0.1) is 10.2 Å². The lowest BCUT2D eigenvalue weighted by Crippen LogP contribution is -2.16. The molecule has 1 aromatic heterocycles. The van der Waals surface area contributed by atoms with Crippen LogP contribution in [-0.2, 0) is 9.53 Å². The highest BCUT2D eigenvalue weighted by Gasteiger charge is 2.18. The van der Waals surface area contributed by atoms with E-state index in [9.17, 15) is 9.59 Å². The quantitative estimate of drug-likeness (QED) is 0.208. The predicted molar refractivity (Wildman–Crippen MR) is 126 cm³/mol. The van der Waals surface area contributed by atoms with Crippen molar-refractivity contribution in [3.05, 3.63) is 90.5 Å². The Bertz CT molecular complexity index is 1240. The van der Waals surface area contributed by atoms with E-state index in [1.165, 1.54) is 18.9 Å². The monoisotopic (exact) mass is 459 g/mol. The van der Waals surface area contributed by atoms with Crippen molar-refractivity contribution in [2.45, 2.75) is 5.16 Å². The van der Waals surface area contributed by atoms with Crippen molar-refractivity contribution < 1.29 is 19.1 Å². The van der Waals surface area contributed by atoms with Gasteiger partial charge in [0.25, 0.3) is 0 Å². The molecule has 4 rings (SSSR count). The summed E-state index contributed by atoms with van der Waals surface area (Å²) >= 11 is 1.20. The summed E-state index contributed by atoms with van der Waals surface area (Å²) in [6.07, 6.45) is 0. The molecule has 8 heteroatoms. The summed E-state index contributed by atoms with van der Waals surface area (Å²) in [6.45, 7) is -0.340. The van der Waals surface area contributed by atoms with E-state index in [1.807, 2.05) is 65.2 Å². The van der Waals surface area contributed by atoms with Crippen molar-refractivity contribution in [1.29, 1.82) is 0 Å². The van der Waals surface area contributed by atoms with E-state index in [-0.39, 0.29) is 18.1 Å². The average Bonchev–Trinajstić information content (AvgIpc) is 3.31. The molecule has 0 unspecified atom stereocenters. The number of carbonyl (C=O) groups is 2. The molecule has 0 atom stereocenters. The standard InChI is InChI=1S/C25H21N3O4S/c1-31-21-14-8-11-19(15-21)22(29)16-32-23(30)17-33-25-27-26-24(18-9-4-2-5-10-18)28(25)20-12-6-3-7-13-20/h2-15H,16-17H2,1H3. The maximum Gasteiger partial charge on any atom is 0.316 e. The highest BCUT2D eigenvalue weighted by atomic mass is 32.2. The largest absolute Gasteiger partial charge is 0.497 e. The lowest BCUT2D eigenvalue weighted by Gasteiger charge is -2.10. The van der Waals surface area contributed by atoms with Crippen LogP contribution in [0.1, 0.15) is 10.4 Å². The third kappa shape index (κ3) is 5.48. The van der Waals surface area contributed by atoms with Crippen LogP contribution in [0.15, 0.2) is 90.1 Å². The van der Waals surface area contributed by atoms with Gasteiger partial charge in [-0.1, -0.05) is 72.4 Å². The third-order valence-corrected chi connectivity index (χ3v) is 5.66. The van der Waals surface area contributed by atoms with Crippen LogP contribution in [-0.4, -0.2) is 46.0 Å². The molecule has 1 heterocycles. The van der Waals surface area contributed by atoms with Crippen LogP contribution in [0.2, 0.25) is 0 Å². The van der Waals surface area contributed by atoms with Gasteiger partial charge in [-0.3, -0.25) is 14.2 Å². The number of hydrogen-bond acceptors (Lipinski definition) is 7. The van der Waals surface area contributed by atoms with Crippen LogP contribution in [0.25, 0.3) is 17.1 Å². The Labute approximate surface area is 195 Å². The van der Waals surface area contributed by atoms with Gasteiger partial charge >= 0.3 is 5.97 Å². The zero-order valence-electron chi connectivity index (χ0n) is 17.9. The first-order chi connectivity index (χ1) is 16.2. The Balaban J connectivity index is 1.44. The maximum absolute atomic E-state index is 12.3. The summed E-state index contributed by atoms with van der Waals surface area (Å²) in [6, 6.07) is 26.1. The van der Waals surface area contributed by atoms with E-state index in [0.29, 0.717) is 22.3 Å². The van der Waals surface area contributed by atoms with Crippen molar-refractivity contribution in [3.8, 4) is 22.8 Å². The molecule has 0 aliphatic heterocycles. The summed E-state index contributed by atoms with van der Waals surface area (Å²) < 4.78 is 12.2. The summed E-state index contributed by atoms with van der Waals surface area (Å²) in [5.41, 5.74) is 2.21. The summed E-state index contributed by atoms with van der Waals surface area (Å²) in [7, 11) is 1.53. The number of esters is 1. The van der Waals surface area contributed by atoms with Gasteiger partial charge in [-0.05, 0) is 24.3 Å². The van der Waals surface area contributed by atoms with Crippen LogP contribution in [0.5, 0.6) is 5.75 Å². The van der Waals surface area contributed by atoms with E-state index in [2.05, 4.69) is 10.2 Å². The number of thioether (sulfide) groups is 1. The van der Waals surface area contributed by atoms with E-state index >= 15 is 0 Å².